The molecule has 20 heavy (non-hydrogen) atoms. The summed E-state index contributed by atoms with van der Waals surface area (Å²) in [6.45, 7) is 1.92. The van der Waals surface area contributed by atoms with Gasteiger partial charge in [-0.3, -0.25) is 9.59 Å². The maximum Gasteiger partial charge on any atom is 0.306 e. The largest absolute Gasteiger partial charge is 0.481 e. The average molecular weight is 341 g/mol. The molecule has 1 aromatic rings. The summed E-state index contributed by atoms with van der Waals surface area (Å²) in [4.78, 5) is 27.3. The summed E-state index contributed by atoms with van der Waals surface area (Å²) in [6, 6.07) is 1.79. The van der Waals surface area contributed by atoms with Crippen LogP contribution in [0, 0.1) is 18.8 Å². The number of anilines is 1. The van der Waals surface area contributed by atoms with E-state index in [0.717, 1.165) is 22.9 Å². The van der Waals surface area contributed by atoms with Crippen molar-refractivity contribution in [3.05, 3.63) is 22.3 Å². The van der Waals surface area contributed by atoms with Crippen LogP contribution >= 0.6 is 15.9 Å². The van der Waals surface area contributed by atoms with E-state index in [0.29, 0.717) is 18.7 Å². The molecule has 0 spiro atoms. The lowest BCUT2D eigenvalue weighted by Gasteiger charge is -2.25. The van der Waals surface area contributed by atoms with Crippen LogP contribution in [0.4, 0.5) is 5.82 Å². The Hall–Kier alpha value is -1.43. The highest BCUT2D eigenvalue weighted by Gasteiger charge is 2.31. The van der Waals surface area contributed by atoms with Gasteiger partial charge in [-0.25, -0.2) is 4.98 Å². The number of nitrogens with zero attached hydrogens (tertiary/aromatic N) is 1. The van der Waals surface area contributed by atoms with Crippen molar-refractivity contribution in [2.45, 2.75) is 32.6 Å². The number of halogens is 1. The van der Waals surface area contributed by atoms with Gasteiger partial charge < -0.3 is 10.4 Å². The number of carbonyl (C=O) groups is 2. The number of carboxylic acid groups (broad SMARTS) is 1. The lowest BCUT2D eigenvalue weighted by atomic mass is 9.81. The number of hydrogen-bond donors (Lipinski definition) is 2. The Morgan fingerprint density at radius 1 is 1.40 bits per heavy atom. The first-order valence-electron chi connectivity index (χ1n) is 6.63. The minimum atomic E-state index is -0.805. The van der Waals surface area contributed by atoms with E-state index in [-0.39, 0.29) is 11.8 Å². The van der Waals surface area contributed by atoms with Gasteiger partial charge in [-0.1, -0.05) is 6.42 Å². The zero-order chi connectivity index (χ0) is 14.7. The minimum absolute atomic E-state index is 0.134. The first-order chi connectivity index (χ1) is 9.47. The van der Waals surface area contributed by atoms with Crippen LogP contribution in [-0.4, -0.2) is 22.0 Å². The Kier molecular flexibility index (Phi) is 4.75. The number of aryl methyl sites for hydroxylation is 1. The molecule has 0 aliphatic heterocycles. The van der Waals surface area contributed by atoms with Gasteiger partial charge in [0.15, 0.2) is 0 Å². The second kappa shape index (κ2) is 6.35. The molecule has 2 rings (SSSR count). The molecule has 2 atom stereocenters. The van der Waals surface area contributed by atoms with Crippen molar-refractivity contribution in [2.75, 3.05) is 5.32 Å². The number of carboxylic acids is 1. The Morgan fingerprint density at radius 2 is 2.10 bits per heavy atom. The van der Waals surface area contributed by atoms with Gasteiger partial charge in [0.05, 0.1) is 5.92 Å². The molecule has 108 valence electrons. The summed E-state index contributed by atoms with van der Waals surface area (Å²) >= 11 is 3.36. The predicted octanol–water partition coefficient (Wildman–Crippen LogP) is 2.98. The van der Waals surface area contributed by atoms with Crippen LogP contribution in [0.5, 0.6) is 0 Å². The van der Waals surface area contributed by atoms with Crippen molar-refractivity contribution in [3.8, 4) is 0 Å². The summed E-state index contributed by atoms with van der Waals surface area (Å²) in [5.74, 6) is -1.08. The molecule has 1 aromatic heterocycles. The van der Waals surface area contributed by atoms with E-state index in [9.17, 15) is 9.59 Å². The van der Waals surface area contributed by atoms with E-state index >= 15 is 0 Å². The van der Waals surface area contributed by atoms with Gasteiger partial charge in [-0.2, -0.15) is 0 Å². The topological polar surface area (TPSA) is 79.3 Å². The minimum Gasteiger partial charge on any atom is -0.481 e. The molecule has 1 fully saturated rings. The highest BCUT2D eigenvalue weighted by molar-refractivity contribution is 9.10. The Morgan fingerprint density at radius 3 is 2.75 bits per heavy atom. The fourth-order valence-electron chi connectivity index (χ4n) is 2.49. The van der Waals surface area contributed by atoms with Crippen LogP contribution in [0.1, 0.15) is 31.2 Å². The first kappa shape index (κ1) is 15.0. The Labute approximate surface area is 125 Å². The van der Waals surface area contributed by atoms with Gasteiger partial charge in [-0.05, 0) is 53.7 Å². The van der Waals surface area contributed by atoms with Gasteiger partial charge in [0.25, 0.3) is 0 Å². The zero-order valence-corrected chi connectivity index (χ0v) is 12.8. The Bertz CT molecular complexity index is 533. The number of aromatic nitrogens is 1. The monoisotopic (exact) mass is 340 g/mol. The zero-order valence-electron chi connectivity index (χ0n) is 11.2. The molecule has 1 amide bonds. The van der Waals surface area contributed by atoms with Gasteiger partial charge in [0, 0.05) is 16.6 Å². The van der Waals surface area contributed by atoms with Crippen LogP contribution in [-0.2, 0) is 9.59 Å². The third-order valence-corrected chi connectivity index (χ3v) is 4.52. The van der Waals surface area contributed by atoms with E-state index < -0.39 is 11.9 Å². The summed E-state index contributed by atoms with van der Waals surface area (Å²) in [5.41, 5.74) is 0.988. The quantitative estimate of drug-likeness (QED) is 0.886. The van der Waals surface area contributed by atoms with Crippen molar-refractivity contribution in [1.82, 2.24) is 4.98 Å². The fraction of sp³-hybridized carbons (Fsp3) is 0.500. The second-order valence-corrected chi connectivity index (χ2v) is 6.06. The van der Waals surface area contributed by atoms with E-state index in [1.807, 2.05) is 6.92 Å². The average Bonchev–Trinajstić information content (AvgIpc) is 2.43. The molecule has 1 aliphatic rings. The molecular formula is C14H17BrN2O3. The predicted molar refractivity (Wildman–Crippen MR) is 78.4 cm³/mol. The third kappa shape index (κ3) is 3.56. The number of rotatable bonds is 3. The van der Waals surface area contributed by atoms with Crippen molar-refractivity contribution >= 4 is 33.6 Å². The summed E-state index contributed by atoms with van der Waals surface area (Å²) < 4.78 is 0.888. The molecule has 0 bridgehead atoms. The third-order valence-electron chi connectivity index (χ3n) is 3.69. The normalized spacial score (nSPS) is 22.3. The number of nitrogens with one attached hydrogen (secondary N) is 1. The molecule has 0 saturated heterocycles. The van der Waals surface area contributed by atoms with Crippen molar-refractivity contribution < 1.29 is 14.7 Å². The van der Waals surface area contributed by atoms with Crippen LogP contribution in [0.15, 0.2) is 16.7 Å². The lowest BCUT2D eigenvalue weighted by molar-refractivity contribution is -0.143. The standard InChI is InChI=1S/C14H17BrN2O3/c1-8-5-12(16-7-11(8)15)17-13(18)9-3-2-4-10(6-9)14(19)20/h5,7,9-10H,2-4,6H2,1H3,(H,19,20)(H,16,17,18). The lowest BCUT2D eigenvalue weighted by Crippen LogP contribution is -2.31. The van der Waals surface area contributed by atoms with Crippen LogP contribution in [0.2, 0.25) is 0 Å². The number of amides is 1. The smallest absolute Gasteiger partial charge is 0.306 e. The summed E-state index contributed by atoms with van der Waals surface area (Å²) in [7, 11) is 0. The van der Waals surface area contributed by atoms with Gasteiger partial charge in [0.2, 0.25) is 5.91 Å². The maximum absolute atomic E-state index is 12.2. The number of pyridine rings is 1. The molecule has 6 heteroatoms. The highest BCUT2D eigenvalue weighted by Crippen LogP contribution is 2.30. The van der Waals surface area contributed by atoms with E-state index in [1.54, 1.807) is 12.3 Å². The molecule has 2 unspecified atom stereocenters. The Balaban J connectivity index is 2.00. The summed E-state index contributed by atoms with van der Waals surface area (Å²) in [5, 5.41) is 11.8. The molecule has 0 aromatic carbocycles. The van der Waals surface area contributed by atoms with E-state index in [1.165, 1.54) is 0 Å². The van der Waals surface area contributed by atoms with Gasteiger partial charge >= 0.3 is 5.97 Å². The SMILES string of the molecule is Cc1cc(NC(=O)C2CCCC(C(=O)O)C2)ncc1Br. The number of carbonyl (C=O) groups excluding carboxylic acids is 1. The molecule has 1 saturated carbocycles. The molecule has 0 radical (unpaired) electrons. The fourth-order valence-corrected chi connectivity index (χ4v) is 2.71. The van der Waals surface area contributed by atoms with Gasteiger partial charge in [-0.15, -0.1) is 0 Å². The molecule has 2 N–H and O–H groups in total. The highest BCUT2D eigenvalue weighted by atomic mass is 79.9. The van der Waals surface area contributed by atoms with Crippen molar-refractivity contribution in [3.63, 3.8) is 0 Å². The second-order valence-electron chi connectivity index (χ2n) is 5.21. The maximum atomic E-state index is 12.2. The van der Waals surface area contributed by atoms with Crippen molar-refractivity contribution in [2.24, 2.45) is 11.8 Å². The molecule has 1 aliphatic carbocycles. The summed E-state index contributed by atoms with van der Waals surface area (Å²) in [6.07, 6.45) is 4.24. The van der Waals surface area contributed by atoms with Crippen LogP contribution in [0.25, 0.3) is 0 Å². The molecular weight excluding hydrogens is 324 g/mol. The molecule has 1 heterocycles. The molecule has 5 nitrogen and oxygen atoms in total. The van der Waals surface area contributed by atoms with Crippen molar-refractivity contribution in [1.29, 1.82) is 0 Å². The van der Waals surface area contributed by atoms with E-state index in [4.69, 9.17) is 5.11 Å². The first-order valence-corrected chi connectivity index (χ1v) is 7.42. The van der Waals surface area contributed by atoms with Gasteiger partial charge in [0.1, 0.15) is 5.82 Å². The van der Waals surface area contributed by atoms with Crippen LogP contribution < -0.4 is 5.32 Å². The number of hydrogen-bond acceptors (Lipinski definition) is 3. The number of aliphatic carboxylic acids is 1. The van der Waals surface area contributed by atoms with E-state index in [2.05, 4.69) is 26.2 Å². The van der Waals surface area contributed by atoms with Crippen LogP contribution in [0.3, 0.4) is 0 Å².